The third kappa shape index (κ3) is 1.80. The van der Waals surface area contributed by atoms with Gasteiger partial charge in [-0.2, -0.15) is 0 Å². The maximum atomic E-state index is 12.6. The van der Waals surface area contributed by atoms with Gasteiger partial charge in [-0.25, -0.2) is 4.98 Å². The lowest BCUT2D eigenvalue weighted by Gasteiger charge is -2.44. The number of carbonyl (C=O) groups excluding carboxylic acids is 1. The Morgan fingerprint density at radius 1 is 1.42 bits per heavy atom. The van der Waals surface area contributed by atoms with Crippen LogP contribution in [0.15, 0.2) is 12.5 Å². The normalized spacial score (nSPS) is 32.6. The zero-order valence-electron chi connectivity index (χ0n) is 12.3. The average Bonchev–Trinajstić information content (AvgIpc) is 2.88. The first-order chi connectivity index (χ1) is 8.82. The molecule has 2 bridgehead atoms. The van der Waals surface area contributed by atoms with E-state index in [9.17, 15) is 4.79 Å². The number of likely N-dealkylation sites (tertiary alicyclic amines) is 1. The molecule has 104 valence electrons. The van der Waals surface area contributed by atoms with Crippen molar-refractivity contribution in [2.75, 3.05) is 6.54 Å². The summed E-state index contributed by atoms with van der Waals surface area (Å²) >= 11 is 0. The molecule has 1 aromatic rings. The maximum Gasteiger partial charge on any atom is 0.274 e. The van der Waals surface area contributed by atoms with Crippen molar-refractivity contribution in [3.8, 4) is 0 Å². The Labute approximate surface area is 114 Å². The molecule has 0 spiro atoms. The Hall–Kier alpha value is -1.32. The highest BCUT2D eigenvalue weighted by molar-refractivity contribution is 5.92. The fraction of sp³-hybridized carbons (Fsp3) is 0.733. The second kappa shape index (κ2) is 3.84. The molecule has 1 saturated heterocycles. The molecule has 3 rings (SSSR count). The summed E-state index contributed by atoms with van der Waals surface area (Å²) in [6.45, 7) is 7.90. The van der Waals surface area contributed by atoms with Gasteiger partial charge in [-0.3, -0.25) is 4.79 Å². The van der Waals surface area contributed by atoms with Gasteiger partial charge in [-0.15, -0.1) is 0 Å². The second-order valence-corrected chi connectivity index (χ2v) is 7.20. The minimum Gasteiger partial charge on any atom is -0.340 e. The smallest absolute Gasteiger partial charge is 0.274 e. The molecule has 4 nitrogen and oxygen atoms in total. The zero-order chi connectivity index (χ0) is 13.8. The Morgan fingerprint density at radius 3 is 2.74 bits per heavy atom. The fourth-order valence-corrected chi connectivity index (χ4v) is 3.69. The fourth-order valence-electron chi connectivity index (χ4n) is 3.69. The van der Waals surface area contributed by atoms with Gasteiger partial charge < -0.3 is 9.47 Å². The molecular formula is C15H23N3O. The van der Waals surface area contributed by atoms with Gasteiger partial charge in [0.05, 0.1) is 6.33 Å². The van der Waals surface area contributed by atoms with Crippen LogP contribution in [0.1, 0.15) is 50.5 Å². The number of amides is 1. The molecule has 2 heterocycles. The first-order valence-corrected chi connectivity index (χ1v) is 7.11. The molecule has 2 unspecified atom stereocenters. The van der Waals surface area contributed by atoms with Crippen LogP contribution in [0.3, 0.4) is 0 Å². The van der Waals surface area contributed by atoms with E-state index < -0.39 is 0 Å². The van der Waals surface area contributed by atoms with Crippen molar-refractivity contribution in [1.29, 1.82) is 0 Å². The highest BCUT2D eigenvalue weighted by atomic mass is 16.2. The summed E-state index contributed by atoms with van der Waals surface area (Å²) in [6.07, 6.45) is 6.99. The van der Waals surface area contributed by atoms with Gasteiger partial charge in [-0.1, -0.05) is 20.8 Å². The van der Waals surface area contributed by atoms with Crippen LogP contribution in [0.5, 0.6) is 0 Å². The molecule has 1 aliphatic heterocycles. The van der Waals surface area contributed by atoms with Crippen molar-refractivity contribution >= 4 is 5.91 Å². The summed E-state index contributed by atoms with van der Waals surface area (Å²) < 4.78 is 1.83. The quantitative estimate of drug-likeness (QED) is 0.779. The van der Waals surface area contributed by atoms with Gasteiger partial charge >= 0.3 is 0 Å². The Bertz CT molecular complexity index is 519. The number of nitrogens with zero attached hydrogens (tertiary/aromatic N) is 3. The van der Waals surface area contributed by atoms with Gasteiger partial charge in [0.15, 0.2) is 0 Å². The molecular weight excluding hydrogens is 238 g/mol. The lowest BCUT2D eigenvalue weighted by molar-refractivity contribution is 0.0690. The number of fused-ring (bicyclic) bond motifs is 2. The monoisotopic (exact) mass is 261 g/mol. The molecule has 1 aromatic heterocycles. The molecule has 2 aliphatic rings. The van der Waals surface area contributed by atoms with Crippen molar-refractivity contribution in [1.82, 2.24) is 14.5 Å². The number of carbonyl (C=O) groups is 1. The van der Waals surface area contributed by atoms with Gasteiger partial charge in [0.2, 0.25) is 0 Å². The van der Waals surface area contributed by atoms with E-state index in [1.54, 1.807) is 6.33 Å². The number of rotatable bonds is 1. The Morgan fingerprint density at radius 2 is 2.16 bits per heavy atom. The summed E-state index contributed by atoms with van der Waals surface area (Å²) in [6, 6.07) is 0.410. The van der Waals surface area contributed by atoms with E-state index in [-0.39, 0.29) is 11.3 Å². The van der Waals surface area contributed by atoms with E-state index in [1.165, 1.54) is 6.42 Å². The van der Waals surface area contributed by atoms with Crippen LogP contribution in [-0.4, -0.2) is 32.9 Å². The highest BCUT2D eigenvalue weighted by Crippen LogP contribution is 2.55. The van der Waals surface area contributed by atoms with Crippen LogP contribution in [0, 0.1) is 10.8 Å². The van der Waals surface area contributed by atoms with Crippen molar-refractivity contribution in [3.63, 3.8) is 0 Å². The van der Waals surface area contributed by atoms with Crippen LogP contribution in [0.4, 0.5) is 0 Å². The SMILES string of the molecule is Cn1cnc(C(=O)N2CC3(C)CC2CCC3(C)C)c1. The van der Waals surface area contributed by atoms with E-state index >= 15 is 0 Å². The minimum atomic E-state index is 0.104. The third-order valence-corrected chi connectivity index (χ3v) is 5.57. The van der Waals surface area contributed by atoms with Crippen LogP contribution in [-0.2, 0) is 7.05 Å². The number of aryl methyl sites for hydroxylation is 1. The molecule has 19 heavy (non-hydrogen) atoms. The molecule has 0 N–H and O–H groups in total. The summed E-state index contributed by atoms with van der Waals surface area (Å²) in [5.41, 5.74) is 1.15. The minimum absolute atomic E-state index is 0.104. The first-order valence-electron chi connectivity index (χ1n) is 7.11. The molecule has 0 radical (unpaired) electrons. The Balaban J connectivity index is 1.87. The van der Waals surface area contributed by atoms with Crippen LogP contribution in [0.2, 0.25) is 0 Å². The molecule has 1 aliphatic carbocycles. The predicted octanol–water partition coefficient (Wildman–Crippen LogP) is 2.46. The molecule has 0 aromatic carbocycles. The van der Waals surface area contributed by atoms with E-state index in [1.807, 2.05) is 17.8 Å². The number of aromatic nitrogens is 2. The third-order valence-electron chi connectivity index (χ3n) is 5.57. The molecule has 2 fully saturated rings. The number of hydrogen-bond acceptors (Lipinski definition) is 2. The summed E-state index contributed by atoms with van der Waals surface area (Å²) in [5.74, 6) is 0.104. The van der Waals surface area contributed by atoms with Crippen LogP contribution in [0.25, 0.3) is 0 Å². The van der Waals surface area contributed by atoms with Gasteiger partial charge in [-0.05, 0) is 30.1 Å². The first kappa shape index (κ1) is 12.7. The van der Waals surface area contributed by atoms with Gasteiger partial charge in [0.25, 0.3) is 5.91 Å². The van der Waals surface area contributed by atoms with E-state index in [0.29, 0.717) is 17.2 Å². The molecule has 1 amide bonds. The zero-order valence-corrected chi connectivity index (χ0v) is 12.3. The van der Waals surface area contributed by atoms with Gasteiger partial charge in [0.1, 0.15) is 5.69 Å². The van der Waals surface area contributed by atoms with Gasteiger partial charge in [0, 0.05) is 25.8 Å². The van der Waals surface area contributed by atoms with E-state index in [4.69, 9.17) is 0 Å². The van der Waals surface area contributed by atoms with Crippen molar-refractivity contribution < 1.29 is 4.79 Å². The predicted molar refractivity (Wildman–Crippen MR) is 73.8 cm³/mol. The molecule has 4 heteroatoms. The molecule has 2 atom stereocenters. The van der Waals surface area contributed by atoms with Crippen molar-refractivity contribution in [2.45, 2.75) is 46.1 Å². The second-order valence-electron chi connectivity index (χ2n) is 7.20. The van der Waals surface area contributed by atoms with Crippen molar-refractivity contribution in [3.05, 3.63) is 18.2 Å². The topological polar surface area (TPSA) is 38.1 Å². The standard InChI is InChI=1S/C15H23N3O/c1-14(2)6-5-11-7-15(14,3)9-18(11)13(19)12-8-17(4)10-16-12/h8,10-11H,5-7,9H2,1-4H3. The van der Waals surface area contributed by atoms with Crippen molar-refractivity contribution in [2.24, 2.45) is 17.9 Å². The average molecular weight is 261 g/mol. The van der Waals surface area contributed by atoms with E-state index in [0.717, 1.165) is 19.4 Å². The highest BCUT2D eigenvalue weighted by Gasteiger charge is 2.54. The van der Waals surface area contributed by atoms with E-state index in [2.05, 4.69) is 30.7 Å². The largest absolute Gasteiger partial charge is 0.340 e. The van der Waals surface area contributed by atoms with Crippen LogP contribution >= 0.6 is 0 Å². The summed E-state index contributed by atoms with van der Waals surface area (Å²) in [7, 11) is 1.90. The summed E-state index contributed by atoms with van der Waals surface area (Å²) in [4.78, 5) is 18.9. The van der Waals surface area contributed by atoms with Crippen LogP contribution < -0.4 is 0 Å². The maximum absolute atomic E-state index is 12.6. The number of imidazole rings is 1. The lowest BCUT2D eigenvalue weighted by Crippen LogP contribution is -2.38. The number of hydrogen-bond donors (Lipinski definition) is 0. The Kier molecular flexibility index (Phi) is 2.57. The molecule has 1 saturated carbocycles. The lowest BCUT2D eigenvalue weighted by atomic mass is 9.60. The summed E-state index contributed by atoms with van der Waals surface area (Å²) in [5, 5.41) is 0.